The Bertz CT molecular complexity index is 537. The number of hydrogen-bond acceptors (Lipinski definition) is 3. The molecule has 0 saturated heterocycles. The summed E-state index contributed by atoms with van der Waals surface area (Å²) in [4.78, 5) is 8.23. The van der Waals surface area contributed by atoms with Crippen LogP contribution in [0.3, 0.4) is 0 Å². The van der Waals surface area contributed by atoms with E-state index in [2.05, 4.69) is 34.3 Å². The lowest BCUT2D eigenvalue weighted by atomic mass is 10.1. The quantitative estimate of drug-likeness (QED) is 0.812. The average Bonchev–Trinajstić information content (AvgIpc) is 2.25. The van der Waals surface area contributed by atoms with Gasteiger partial charge >= 0.3 is 0 Å². The molecular weight excluding hydrogens is 281 g/mol. The highest BCUT2D eigenvalue weighted by molar-refractivity contribution is 6.37. The van der Waals surface area contributed by atoms with E-state index in [1.807, 2.05) is 13.8 Å². The van der Waals surface area contributed by atoms with E-state index in [-0.39, 0.29) is 0 Å². The second-order valence-electron chi connectivity index (χ2n) is 4.63. The number of aryl methyl sites for hydroxylation is 4. The molecule has 1 heterocycles. The van der Waals surface area contributed by atoms with Crippen molar-refractivity contribution in [2.75, 3.05) is 5.32 Å². The molecule has 0 amide bonds. The molecule has 19 heavy (non-hydrogen) atoms. The minimum absolute atomic E-state index is 0.330. The Labute approximate surface area is 123 Å². The standard InChI is InChI=1S/C14H15Cl2N3/c1-7-5-8(2)11(9(3)6-7)19-12-13(15)17-10(4)18-14(12)16/h5-6,19H,1-4H3. The van der Waals surface area contributed by atoms with Crippen molar-refractivity contribution in [3.05, 3.63) is 45.0 Å². The zero-order valence-electron chi connectivity index (χ0n) is 11.3. The fourth-order valence-electron chi connectivity index (χ4n) is 2.11. The van der Waals surface area contributed by atoms with E-state index in [1.165, 1.54) is 5.56 Å². The molecule has 0 unspecified atom stereocenters. The molecular formula is C14H15Cl2N3. The van der Waals surface area contributed by atoms with Crippen molar-refractivity contribution in [3.8, 4) is 0 Å². The second kappa shape index (κ2) is 5.35. The summed E-state index contributed by atoms with van der Waals surface area (Å²) in [6, 6.07) is 4.21. The molecule has 0 spiro atoms. The first-order valence-corrected chi connectivity index (χ1v) is 6.68. The maximum Gasteiger partial charge on any atom is 0.157 e. The minimum atomic E-state index is 0.330. The van der Waals surface area contributed by atoms with Crippen LogP contribution in [-0.4, -0.2) is 9.97 Å². The number of hydrogen-bond donors (Lipinski definition) is 1. The molecule has 0 atom stereocenters. The van der Waals surface area contributed by atoms with Gasteiger partial charge in [0.2, 0.25) is 0 Å². The van der Waals surface area contributed by atoms with Crippen LogP contribution < -0.4 is 5.32 Å². The van der Waals surface area contributed by atoms with Crippen LogP contribution in [-0.2, 0) is 0 Å². The smallest absolute Gasteiger partial charge is 0.157 e. The van der Waals surface area contributed by atoms with Gasteiger partial charge in [-0.3, -0.25) is 0 Å². The van der Waals surface area contributed by atoms with E-state index < -0.39 is 0 Å². The summed E-state index contributed by atoms with van der Waals surface area (Å²) < 4.78 is 0. The summed E-state index contributed by atoms with van der Waals surface area (Å²) in [6.45, 7) is 7.90. The third kappa shape index (κ3) is 2.99. The molecule has 3 nitrogen and oxygen atoms in total. The molecule has 1 aromatic carbocycles. The van der Waals surface area contributed by atoms with E-state index in [1.54, 1.807) is 6.92 Å². The van der Waals surface area contributed by atoms with Gasteiger partial charge in [0.25, 0.3) is 0 Å². The van der Waals surface area contributed by atoms with Crippen molar-refractivity contribution in [2.24, 2.45) is 0 Å². The molecule has 0 radical (unpaired) electrons. The normalized spacial score (nSPS) is 10.6. The van der Waals surface area contributed by atoms with Gasteiger partial charge in [-0.2, -0.15) is 0 Å². The molecule has 100 valence electrons. The molecule has 0 saturated carbocycles. The summed E-state index contributed by atoms with van der Waals surface area (Å²) in [7, 11) is 0. The minimum Gasteiger partial charge on any atom is -0.350 e. The van der Waals surface area contributed by atoms with Gasteiger partial charge in [0.1, 0.15) is 11.5 Å². The molecule has 1 N–H and O–H groups in total. The van der Waals surface area contributed by atoms with E-state index in [0.29, 0.717) is 21.8 Å². The van der Waals surface area contributed by atoms with Crippen LogP contribution in [0.15, 0.2) is 12.1 Å². The van der Waals surface area contributed by atoms with Crippen LogP contribution >= 0.6 is 23.2 Å². The first kappa shape index (κ1) is 14.1. The van der Waals surface area contributed by atoms with Gasteiger partial charge in [-0.15, -0.1) is 0 Å². The fraction of sp³-hybridized carbons (Fsp3) is 0.286. The lowest BCUT2D eigenvalue weighted by molar-refractivity contribution is 1.05. The summed E-state index contributed by atoms with van der Waals surface area (Å²) in [6.07, 6.45) is 0. The Morgan fingerprint density at radius 1 is 0.842 bits per heavy atom. The highest BCUT2D eigenvalue weighted by Crippen LogP contribution is 2.33. The number of halogens is 2. The van der Waals surface area contributed by atoms with E-state index in [9.17, 15) is 0 Å². The number of benzene rings is 1. The lowest BCUT2D eigenvalue weighted by Gasteiger charge is -2.15. The number of aromatic nitrogens is 2. The predicted octanol–water partition coefficient (Wildman–Crippen LogP) is 4.76. The van der Waals surface area contributed by atoms with Crippen molar-refractivity contribution in [1.82, 2.24) is 9.97 Å². The van der Waals surface area contributed by atoms with E-state index in [4.69, 9.17) is 23.2 Å². The second-order valence-corrected chi connectivity index (χ2v) is 5.34. The number of nitrogens with one attached hydrogen (secondary N) is 1. The lowest BCUT2D eigenvalue weighted by Crippen LogP contribution is -2.01. The molecule has 2 rings (SSSR count). The highest BCUT2D eigenvalue weighted by atomic mass is 35.5. The Balaban J connectivity index is 2.48. The third-order valence-corrected chi connectivity index (χ3v) is 3.41. The van der Waals surface area contributed by atoms with Crippen LogP contribution in [0.2, 0.25) is 10.3 Å². The molecule has 1 aromatic heterocycles. The van der Waals surface area contributed by atoms with Crippen LogP contribution in [0.25, 0.3) is 0 Å². The Kier molecular flexibility index (Phi) is 3.97. The first-order chi connectivity index (χ1) is 8.88. The molecule has 2 aromatic rings. The summed E-state index contributed by atoms with van der Waals surface area (Å²) in [5, 5.41) is 3.90. The first-order valence-electron chi connectivity index (χ1n) is 5.93. The zero-order valence-corrected chi connectivity index (χ0v) is 12.8. The van der Waals surface area contributed by atoms with Crippen LogP contribution in [0.5, 0.6) is 0 Å². The van der Waals surface area contributed by atoms with Gasteiger partial charge in [-0.1, -0.05) is 40.9 Å². The Morgan fingerprint density at radius 2 is 1.32 bits per heavy atom. The molecule has 0 aliphatic heterocycles. The van der Waals surface area contributed by atoms with Gasteiger partial charge in [0.05, 0.1) is 0 Å². The van der Waals surface area contributed by atoms with Crippen molar-refractivity contribution >= 4 is 34.6 Å². The zero-order chi connectivity index (χ0) is 14.2. The monoisotopic (exact) mass is 295 g/mol. The molecule has 0 aliphatic carbocycles. The largest absolute Gasteiger partial charge is 0.350 e. The molecule has 0 aliphatic rings. The van der Waals surface area contributed by atoms with Crippen molar-refractivity contribution < 1.29 is 0 Å². The Morgan fingerprint density at radius 3 is 1.79 bits per heavy atom. The Hall–Kier alpha value is -1.32. The van der Waals surface area contributed by atoms with E-state index >= 15 is 0 Å². The molecule has 5 heteroatoms. The van der Waals surface area contributed by atoms with Crippen molar-refractivity contribution in [3.63, 3.8) is 0 Å². The van der Waals surface area contributed by atoms with Gasteiger partial charge < -0.3 is 5.32 Å². The maximum absolute atomic E-state index is 6.12. The number of nitrogens with zero attached hydrogens (tertiary/aromatic N) is 2. The van der Waals surface area contributed by atoms with Crippen LogP contribution in [0.1, 0.15) is 22.5 Å². The highest BCUT2D eigenvalue weighted by Gasteiger charge is 2.12. The molecule has 0 fully saturated rings. The number of anilines is 2. The number of rotatable bonds is 2. The SMILES string of the molecule is Cc1cc(C)c(Nc2c(Cl)nc(C)nc2Cl)c(C)c1. The summed E-state index contributed by atoms with van der Waals surface area (Å²) >= 11 is 12.2. The maximum atomic E-state index is 6.12. The topological polar surface area (TPSA) is 37.8 Å². The van der Waals surface area contributed by atoms with Crippen molar-refractivity contribution in [1.29, 1.82) is 0 Å². The summed E-state index contributed by atoms with van der Waals surface area (Å²) in [5.41, 5.74) is 5.01. The predicted molar refractivity (Wildman–Crippen MR) is 80.7 cm³/mol. The summed E-state index contributed by atoms with van der Waals surface area (Å²) in [5.74, 6) is 0.554. The van der Waals surface area contributed by atoms with Gasteiger partial charge in [-0.25, -0.2) is 9.97 Å². The fourth-order valence-corrected chi connectivity index (χ4v) is 2.68. The van der Waals surface area contributed by atoms with Crippen LogP contribution in [0.4, 0.5) is 11.4 Å². The third-order valence-electron chi connectivity index (χ3n) is 2.86. The van der Waals surface area contributed by atoms with E-state index in [0.717, 1.165) is 16.8 Å². The molecule has 0 bridgehead atoms. The van der Waals surface area contributed by atoms with Crippen LogP contribution in [0, 0.1) is 27.7 Å². The van der Waals surface area contributed by atoms with Gasteiger partial charge in [0, 0.05) is 5.69 Å². The van der Waals surface area contributed by atoms with Gasteiger partial charge in [-0.05, 0) is 38.8 Å². The average molecular weight is 296 g/mol. The van der Waals surface area contributed by atoms with Gasteiger partial charge in [0.15, 0.2) is 10.3 Å². The van der Waals surface area contributed by atoms with Crippen molar-refractivity contribution in [2.45, 2.75) is 27.7 Å².